The van der Waals surface area contributed by atoms with Gasteiger partial charge in [-0.3, -0.25) is 9.69 Å². The van der Waals surface area contributed by atoms with Gasteiger partial charge in [-0.15, -0.1) is 0 Å². The topological polar surface area (TPSA) is 85.9 Å². The molecule has 3 N–H and O–H groups in total. The molecule has 3 aromatic rings. The van der Waals surface area contributed by atoms with E-state index in [2.05, 4.69) is 46.7 Å². The molecule has 8 heteroatoms. The van der Waals surface area contributed by atoms with Crippen LogP contribution in [0.25, 0.3) is 11.0 Å². The molecule has 0 saturated carbocycles. The molecule has 7 nitrogen and oxygen atoms in total. The van der Waals surface area contributed by atoms with Gasteiger partial charge in [0.1, 0.15) is 0 Å². The lowest BCUT2D eigenvalue weighted by molar-refractivity contribution is -0.117. The molecule has 0 radical (unpaired) electrons. The Morgan fingerprint density at radius 1 is 1.35 bits per heavy atom. The highest BCUT2D eigenvalue weighted by molar-refractivity contribution is 9.10. The number of nitrogens with one attached hydrogen (secondary N) is 3. The molecular weight excluding hydrogens is 398 g/mol. The van der Waals surface area contributed by atoms with E-state index < -0.39 is 0 Å². The average Bonchev–Trinajstić information content (AvgIpc) is 3.27. The summed E-state index contributed by atoms with van der Waals surface area (Å²) in [5.74, 6) is -0.0657. The largest absolute Gasteiger partial charge is 0.353 e. The maximum absolute atomic E-state index is 12.6. The maximum atomic E-state index is 12.6. The van der Waals surface area contributed by atoms with Crippen molar-refractivity contribution in [3.8, 4) is 0 Å². The average molecular weight is 418 g/mol. The summed E-state index contributed by atoms with van der Waals surface area (Å²) in [5.41, 5.74) is 2.98. The van der Waals surface area contributed by atoms with Gasteiger partial charge in [0.05, 0.1) is 29.3 Å². The second-order valence-electron chi connectivity index (χ2n) is 6.68. The zero-order chi connectivity index (χ0) is 18.3. The number of fused-ring (bicyclic) bond motifs is 1. The second-order valence-corrected chi connectivity index (χ2v) is 7.53. The summed E-state index contributed by atoms with van der Waals surface area (Å²) in [6.45, 7) is 1.25. The van der Waals surface area contributed by atoms with Crippen LogP contribution in [0.5, 0.6) is 0 Å². The van der Waals surface area contributed by atoms with E-state index >= 15 is 0 Å². The molecule has 1 atom stereocenters. The van der Waals surface area contributed by atoms with Crippen LogP contribution in [0.1, 0.15) is 24.6 Å². The van der Waals surface area contributed by atoms with Crippen LogP contribution in [0.4, 0.5) is 5.69 Å². The Bertz CT molecular complexity index is 1020. The van der Waals surface area contributed by atoms with E-state index in [0.717, 1.165) is 23.9 Å². The summed E-state index contributed by atoms with van der Waals surface area (Å²) < 4.78 is 2.85. The lowest BCUT2D eigenvalue weighted by Gasteiger charge is -2.24. The highest BCUT2D eigenvalue weighted by atomic mass is 79.9. The zero-order valence-corrected chi connectivity index (χ0v) is 16.0. The lowest BCUT2D eigenvalue weighted by Crippen LogP contribution is -2.33. The van der Waals surface area contributed by atoms with Crippen molar-refractivity contribution in [1.82, 2.24) is 19.4 Å². The Balaban J connectivity index is 1.49. The highest BCUT2D eigenvalue weighted by Crippen LogP contribution is 2.32. The molecule has 1 saturated heterocycles. The smallest absolute Gasteiger partial charge is 0.323 e. The number of H-pyrrole nitrogens is 2. The van der Waals surface area contributed by atoms with Gasteiger partial charge in [-0.1, -0.05) is 0 Å². The van der Waals surface area contributed by atoms with Crippen molar-refractivity contribution >= 4 is 38.6 Å². The Morgan fingerprint density at radius 3 is 2.85 bits per heavy atom. The molecule has 0 bridgehead atoms. The third kappa shape index (κ3) is 3.22. The van der Waals surface area contributed by atoms with Gasteiger partial charge in [0.2, 0.25) is 5.91 Å². The van der Waals surface area contributed by atoms with Crippen LogP contribution in [0.2, 0.25) is 0 Å². The van der Waals surface area contributed by atoms with Crippen molar-refractivity contribution in [1.29, 1.82) is 0 Å². The molecule has 26 heavy (non-hydrogen) atoms. The van der Waals surface area contributed by atoms with Gasteiger partial charge in [0.15, 0.2) is 0 Å². The normalized spacial score (nSPS) is 17.8. The summed E-state index contributed by atoms with van der Waals surface area (Å²) in [6.07, 6.45) is 4.19. The van der Waals surface area contributed by atoms with Crippen LogP contribution >= 0.6 is 15.9 Å². The van der Waals surface area contributed by atoms with Gasteiger partial charge in [0.25, 0.3) is 0 Å². The van der Waals surface area contributed by atoms with Gasteiger partial charge in [-0.25, -0.2) is 4.79 Å². The quantitative estimate of drug-likeness (QED) is 0.609. The number of carbonyl (C=O) groups is 1. The number of likely N-dealkylation sites (tertiary alicyclic amines) is 1. The van der Waals surface area contributed by atoms with Crippen LogP contribution in [0.15, 0.2) is 39.7 Å². The molecule has 0 spiro atoms. The van der Waals surface area contributed by atoms with Crippen molar-refractivity contribution in [3.63, 3.8) is 0 Å². The van der Waals surface area contributed by atoms with Gasteiger partial charge in [-0.2, -0.15) is 0 Å². The number of benzene rings is 1. The summed E-state index contributed by atoms with van der Waals surface area (Å²) >= 11 is 3.45. The van der Waals surface area contributed by atoms with Crippen molar-refractivity contribution < 1.29 is 4.79 Å². The first-order valence-electron chi connectivity index (χ1n) is 8.58. The minimum Gasteiger partial charge on any atom is -0.353 e. The molecule has 0 unspecified atom stereocenters. The van der Waals surface area contributed by atoms with Crippen molar-refractivity contribution in [2.24, 2.45) is 7.05 Å². The summed E-state index contributed by atoms with van der Waals surface area (Å²) in [7, 11) is 2.04. The fraction of sp³-hybridized carbons (Fsp3) is 0.333. The molecular formula is C18H20BrN5O2. The summed E-state index contributed by atoms with van der Waals surface area (Å²) in [4.78, 5) is 31.6. The van der Waals surface area contributed by atoms with Crippen molar-refractivity contribution in [3.05, 3.63) is 51.1 Å². The molecule has 0 aliphatic carbocycles. The Kier molecular flexibility index (Phi) is 4.46. The number of aromatic nitrogens is 3. The van der Waals surface area contributed by atoms with Crippen LogP contribution in [0, 0.1) is 0 Å². The minimum atomic E-state index is -0.266. The molecule has 1 aromatic carbocycles. The monoisotopic (exact) mass is 417 g/mol. The van der Waals surface area contributed by atoms with Gasteiger partial charge >= 0.3 is 5.69 Å². The molecule has 1 aliphatic rings. The lowest BCUT2D eigenvalue weighted by atomic mass is 10.1. The van der Waals surface area contributed by atoms with Gasteiger partial charge in [-0.05, 0) is 59.6 Å². The molecule has 1 aliphatic heterocycles. The van der Waals surface area contributed by atoms with Gasteiger partial charge < -0.3 is 19.9 Å². The number of carbonyl (C=O) groups excluding carboxylic acids is 1. The molecule has 2 aromatic heterocycles. The fourth-order valence-corrected chi connectivity index (χ4v) is 4.14. The molecule has 1 fully saturated rings. The van der Waals surface area contributed by atoms with Crippen molar-refractivity contribution in [2.75, 3.05) is 18.4 Å². The first kappa shape index (κ1) is 17.1. The number of aryl methyl sites for hydroxylation is 1. The number of imidazole rings is 1. The third-order valence-electron chi connectivity index (χ3n) is 4.91. The van der Waals surface area contributed by atoms with Gasteiger partial charge in [0, 0.05) is 23.4 Å². The molecule has 136 valence electrons. The number of hydrogen-bond acceptors (Lipinski definition) is 3. The predicted molar refractivity (Wildman–Crippen MR) is 104 cm³/mol. The Morgan fingerprint density at radius 2 is 2.12 bits per heavy atom. The number of halogens is 1. The number of aromatic amines is 2. The van der Waals surface area contributed by atoms with E-state index in [9.17, 15) is 9.59 Å². The van der Waals surface area contributed by atoms with Crippen LogP contribution in [-0.4, -0.2) is 38.4 Å². The Labute approximate surface area is 158 Å². The number of nitrogens with zero attached hydrogens (tertiary/aromatic N) is 2. The third-order valence-corrected chi connectivity index (χ3v) is 5.57. The van der Waals surface area contributed by atoms with E-state index in [1.807, 2.05) is 19.3 Å². The number of anilines is 1. The van der Waals surface area contributed by atoms with E-state index in [4.69, 9.17) is 0 Å². The summed E-state index contributed by atoms with van der Waals surface area (Å²) in [5, 5.41) is 2.95. The van der Waals surface area contributed by atoms with Crippen molar-refractivity contribution in [2.45, 2.75) is 18.9 Å². The van der Waals surface area contributed by atoms with E-state index in [-0.39, 0.29) is 17.6 Å². The number of hydrogen-bond donors (Lipinski definition) is 3. The van der Waals surface area contributed by atoms with Crippen LogP contribution in [0.3, 0.4) is 0 Å². The number of rotatable bonds is 4. The minimum absolute atomic E-state index is 0.0657. The number of amides is 1. The molecule has 4 rings (SSSR count). The predicted octanol–water partition coefficient (Wildman–Crippen LogP) is 2.73. The first-order valence-corrected chi connectivity index (χ1v) is 9.37. The molecule has 1 amide bonds. The van der Waals surface area contributed by atoms with Crippen LogP contribution in [-0.2, 0) is 11.8 Å². The Hall–Kier alpha value is -2.32. The highest BCUT2D eigenvalue weighted by Gasteiger charge is 2.29. The second kappa shape index (κ2) is 6.77. The van der Waals surface area contributed by atoms with E-state index in [1.165, 1.54) is 5.69 Å². The van der Waals surface area contributed by atoms with E-state index in [0.29, 0.717) is 23.3 Å². The summed E-state index contributed by atoms with van der Waals surface area (Å²) in [6, 6.07) is 7.97. The SMILES string of the molecule is Cn1cccc1[C@@H]1CCCN1CC(=O)Nc1cc2[nH]c(=O)[nH]c2cc1Br. The molecule has 3 heterocycles. The maximum Gasteiger partial charge on any atom is 0.323 e. The van der Waals surface area contributed by atoms with Crippen LogP contribution < -0.4 is 11.0 Å². The fourth-order valence-electron chi connectivity index (χ4n) is 3.70. The standard InChI is InChI=1S/C18H20BrN5O2/c1-23-6-2-4-15(23)16-5-3-7-24(16)10-17(25)20-12-9-14-13(8-11(12)19)21-18(26)22-14/h2,4,6,8-9,16H,3,5,7,10H2,1H3,(H,20,25)(H2,21,22,26)/t16-/m0/s1. The first-order chi connectivity index (χ1) is 12.5. The van der Waals surface area contributed by atoms with E-state index in [1.54, 1.807) is 12.1 Å². The zero-order valence-electron chi connectivity index (χ0n) is 14.4.